The fraction of sp³-hybridized carbons (Fsp3) is 0. The molecule has 1 heterocycles. The fourth-order valence-corrected chi connectivity index (χ4v) is 2.73. The molecule has 1 aromatic heterocycles. The Morgan fingerprint density at radius 1 is 1.17 bits per heavy atom. The molecule has 0 radical (unpaired) electrons. The van der Waals surface area contributed by atoms with Crippen LogP contribution < -0.4 is 0 Å². The minimum absolute atomic E-state index is 0.192. The van der Waals surface area contributed by atoms with Crippen LogP contribution in [-0.4, -0.2) is 16.1 Å². The monoisotopic (exact) mass is 387 g/mol. The Morgan fingerprint density at radius 3 is 2.44 bits per heavy atom. The van der Waals surface area contributed by atoms with E-state index < -0.39 is 5.97 Å². The predicted octanol–water partition coefficient (Wildman–Crippen LogP) is 4.46. The number of nitrogens with zero attached hydrogens (tertiary/aromatic N) is 1. The van der Waals surface area contributed by atoms with Gasteiger partial charge in [0.05, 0.1) is 5.56 Å². The summed E-state index contributed by atoms with van der Waals surface area (Å²) in [7, 11) is 0. The van der Waals surface area contributed by atoms with E-state index in [0.717, 1.165) is 9.37 Å². The van der Waals surface area contributed by atoms with Crippen LogP contribution in [0.15, 0.2) is 55.4 Å². The van der Waals surface area contributed by atoms with Crippen LogP contribution in [0, 0.1) is 0 Å². The van der Waals surface area contributed by atoms with Gasteiger partial charge in [-0.05, 0) is 46.3 Å². The Morgan fingerprint density at radius 2 is 1.83 bits per heavy atom. The molecule has 6 heteroatoms. The first-order valence-electron chi connectivity index (χ1n) is 4.88. The summed E-state index contributed by atoms with van der Waals surface area (Å²) in [5, 5.41) is 9.61. The molecule has 0 aliphatic carbocycles. The van der Waals surface area contributed by atoms with E-state index in [-0.39, 0.29) is 5.56 Å². The number of benzene rings is 1. The first-order valence-corrected chi connectivity index (χ1v) is 7.29. The Bertz CT molecular complexity index is 587. The van der Waals surface area contributed by atoms with E-state index in [4.69, 9.17) is 5.11 Å². The Labute approximate surface area is 125 Å². The van der Waals surface area contributed by atoms with Crippen molar-refractivity contribution in [2.45, 2.75) is 9.92 Å². The van der Waals surface area contributed by atoms with E-state index in [1.165, 1.54) is 11.8 Å². The van der Waals surface area contributed by atoms with Crippen molar-refractivity contribution in [1.82, 2.24) is 4.98 Å². The van der Waals surface area contributed by atoms with Crippen LogP contribution in [0.25, 0.3) is 0 Å². The van der Waals surface area contributed by atoms with Crippen LogP contribution in [0.2, 0.25) is 0 Å². The van der Waals surface area contributed by atoms with Crippen molar-refractivity contribution in [2.75, 3.05) is 0 Å². The molecule has 0 amide bonds. The minimum Gasteiger partial charge on any atom is -0.478 e. The standard InChI is InChI=1S/C12H7Br2NO2S/c13-7-1-3-9(4-2-7)18-11-10(12(16)17)5-8(14)6-15-11/h1-6H,(H,16,17). The maximum absolute atomic E-state index is 11.1. The van der Waals surface area contributed by atoms with Gasteiger partial charge in [0.25, 0.3) is 0 Å². The van der Waals surface area contributed by atoms with Gasteiger partial charge in [-0.15, -0.1) is 0 Å². The van der Waals surface area contributed by atoms with Gasteiger partial charge in [0.15, 0.2) is 0 Å². The van der Waals surface area contributed by atoms with Crippen LogP contribution in [-0.2, 0) is 0 Å². The second kappa shape index (κ2) is 5.86. The van der Waals surface area contributed by atoms with Crippen LogP contribution in [0.1, 0.15) is 10.4 Å². The highest BCUT2D eigenvalue weighted by Crippen LogP contribution is 2.30. The first-order chi connectivity index (χ1) is 8.56. The summed E-state index contributed by atoms with van der Waals surface area (Å²) in [6.45, 7) is 0. The van der Waals surface area contributed by atoms with Crippen LogP contribution >= 0.6 is 43.6 Å². The molecule has 0 bridgehead atoms. The molecule has 92 valence electrons. The summed E-state index contributed by atoms with van der Waals surface area (Å²) in [4.78, 5) is 16.2. The minimum atomic E-state index is -0.983. The number of aromatic carboxylic acids is 1. The molecule has 1 N–H and O–H groups in total. The second-order valence-electron chi connectivity index (χ2n) is 3.37. The molecule has 18 heavy (non-hydrogen) atoms. The second-order valence-corrected chi connectivity index (χ2v) is 6.26. The van der Waals surface area contributed by atoms with Crippen molar-refractivity contribution in [3.05, 3.63) is 51.0 Å². The van der Waals surface area contributed by atoms with Crippen LogP contribution in [0.5, 0.6) is 0 Å². The average Bonchev–Trinajstić information content (AvgIpc) is 2.34. The summed E-state index contributed by atoms with van der Waals surface area (Å²) >= 11 is 7.90. The lowest BCUT2D eigenvalue weighted by atomic mass is 10.3. The van der Waals surface area contributed by atoms with Gasteiger partial charge >= 0.3 is 5.97 Å². The number of rotatable bonds is 3. The number of hydrogen-bond acceptors (Lipinski definition) is 3. The number of carboxylic acids is 1. The Kier molecular flexibility index (Phi) is 4.42. The molecule has 0 spiro atoms. The molecular formula is C12H7Br2NO2S. The fourth-order valence-electron chi connectivity index (χ4n) is 1.28. The maximum atomic E-state index is 11.1. The van der Waals surface area contributed by atoms with E-state index in [2.05, 4.69) is 36.8 Å². The molecule has 0 fully saturated rings. The third kappa shape index (κ3) is 3.34. The summed E-state index contributed by atoms with van der Waals surface area (Å²) in [6, 6.07) is 9.17. The van der Waals surface area contributed by atoms with E-state index in [0.29, 0.717) is 9.50 Å². The van der Waals surface area contributed by atoms with Crippen LogP contribution in [0.3, 0.4) is 0 Å². The molecule has 2 rings (SSSR count). The molecule has 0 aliphatic rings. The number of aromatic nitrogens is 1. The van der Waals surface area contributed by atoms with Gasteiger partial charge in [0.2, 0.25) is 0 Å². The van der Waals surface area contributed by atoms with Crippen molar-refractivity contribution in [3.63, 3.8) is 0 Å². The molecule has 0 saturated heterocycles. The van der Waals surface area contributed by atoms with Crippen LogP contribution in [0.4, 0.5) is 0 Å². The molecular weight excluding hydrogens is 382 g/mol. The van der Waals surface area contributed by atoms with Gasteiger partial charge in [0, 0.05) is 20.0 Å². The average molecular weight is 389 g/mol. The molecule has 1 aromatic carbocycles. The lowest BCUT2D eigenvalue weighted by Crippen LogP contribution is -2.00. The molecule has 0 unspecified atom stereocenters. The van der Waals surface area contributed by atoms with Gasteiger partial charge in [0.1, 0.15) is 5.03 Å². The van der Waals surface area contributed by atoms with Crippen molar-refractivity contribution >= 4 is 49.6 Å². The van der Waals surface area contributed by atoms with Crippen molar-refractivity contribution in [2.24, 2.45) is 0 Å². The zero-order valence-corrected chi connectivity index (χ0v) is 12.9. The van der Waals surface area contributed by atoms with E-state index in [1.807, 2.05) is 24.3 Å². The normalized spacial score (nSPS) is 10.3. The van der Waals surface area contributed by atoms with E-state index in [9.17, 15) is 4.79 Å². The highest BCUT2D eigenvalue weighted by Gasteiger charge is 2.13. The highest BCUT2D eigenvalue weighted by molar-refractivity contribution is 9.10. The number of carboxylic acid groups (broad SMARTS) is 1. The summed E-state index contributed by atoms with van der Waals surface area (Å²) in [6.07, 6.45) is 1.59. The zero-order chi connectivity index (χ0) is 13.1. The number of carbonyl (C=O) groups is 1. The summed E-state index contributed by atoms with van der Waals surface area (Å²) in [5.41, 5.74) is 0.192. The number of halogens is 2. The maximum Gasteiger partial charge on any atom is 0.338 e. The summed E-state index contributed by atoms with van der Waals surface area (Å²) < 4.78 is 1.63. The Balaban J connectivity index is 2.34. The van der Waals surface area contributed by atoms with Gasteiger partial charge in [-0.2, -0.15) is 0 Å². The molecule has 0 saturated carbocycles. The van der Waals surface area contributed by atoms with E-state index in [1.54, 1.807) is 12.3 Å². The first kappa shape index (κ1) is 13.6. The molecule has 3 nitrogen and oxygen atoms in total. The summed E-state index contributed by atoms with van der Waals surface area (Å²) in [5.74, 6) is -0.983. The third-order valence-corrected chi connectivity index (χ3v) is 4.07. The zero-order valence-electron chi connectivity index (χ0n) is 8.93. The van der Waals surface area contributed by atoms with E-state index >= 15 is 0 Å². The van der Waals surface area contributed by atoms with Crippen molar-refractivity contribution < 1.29 is 9.90 Å². The highest BCUT2D eigenvalue weighted by atomic mass is 79.9. The molecule has 0 aliphatic heterocycles. The number of pyridine rings is 1. The smallest absolute Gasteiger partial charge is 0.338 e. The number of hydrogen-bond donors (Lipinski definition) is 1. The molecule has 0 atom stereocenters. The topological polar surface area (TPSA) is 50.2 Å². The third-order valence-electron chi connectivity index (χ3n) is 2.08. The quantitative estimate of drug-likeness (QED) is 0.843. The largest absolute Gasteiger partial charge is 0.478 e. The van der Waals surface area contributed by atoms with Crippen molar-refractivity contribution in [3.8, 4) is 0 Å². The van der Waals surface area contributed by atoms with Crippen molar-refractivity contribution in [1.29, 1.82) is 0 Å². The van der Waals surface area contributed by atoms with Gasteiger partial charge in [-0.1, -0.05) is 27.7 Å². The Hall–Kier alpha value is -0.850. The lowest BCUT2D eigenvalue weighted by Gasteiger charge is -2.05. The predicted molar refractivity (Wildman–Crippen MR) is 77.2 cm³/mol. The lowest BCUT2D eigenvalue weighted by molar-refractivity contribution is 0.0692. The van der Waals surface area contributed by atoms with Gasteiger partial charge in [-0.25, -0.2) is 9.78 Å². The van der Waals surface area contributed by atoms with Gasteiger partial charge < -0.3 is 5.11 Å². The van der Waals surface area contributed by atoms with Gasteiger partial charge in [-0.3, -0.25) is 0 Å². The molecule has 2 aromatic rings. The SMILES string of the molecule is O=C(O)c1cc(Br)cnc1Sc1ccc(Br)cc1.